The van der Waals surface area contributed by atoms with Gasteiger partial charge in [0.05, 0.1) is 6.54 Å². The molecular formula is C14H18INO3S2. The first-order chi connectivity index (χ1) is 9.94. The molecular weight excluding hydrogens is 421 g/mol. The molecule has 0 N–H and O–H groups in total. The zero-order valence-electron chi connectivity index (χ0n) is 11.8. The van der Waals surface area contributed by atoms with Crippen molar-refractivity contribution in [2.24, 2.45) is 0 Å². The number of carbonyl (C=O) groups is 1. The smallest absolute Gasteiger partial charge is 0.176 e. The Kier molecular flexibility index (Phi) is 6.10. The molecule has 0 amide bonds. The molecule has 1 aliphatic heterocycles. The lowest BCUT2D eigenvalue weighted by atomic mass is 10.1. The minimum absolute atomic E-state index is 0.0189. The minimum Gasteiger partial charge on any atom is -0.293 e. The summed E-state index contributed by atoms with van der Waals surface area (Å²) in [5, 5.41) is -0.533. The second kappa shape index (κ2) is 7.43. The van der Waals surface area contributed by atoms with Crippen molar-refractivity contribution in [2.45, 2.75) is 12.3 Å². The SMILES string of the molecule is CCS(=O)(=O)C1CSCCN1CC(=O)c1ccc(I)cc1. The molecule has 4 nitrogen and oxygen atoms in total. The van der Waals surface area contributed by atoms with Crippen LogP contribution in [0.1, 0.15) is 17.3 Å². The lowest BCUT2D eigenvalue weighted by molar-refractivity contribution is 0.0928. The molecule has 2 rings (SSSR count). The van der Waals surface area contributed by atoms with Gasteiger partial charge in [-0.25, -0.2) is 8.42 Å². The molecule has 1 heterocycles. The van der Waals surface area contributed by atoms with Gasteiger partial charge in [-0.3, -0.25) is 9.69 Å². The van der Waals surface area contributed by atoms with Crippen molar-refractivity contribution in [1.82, 2.24) is 4.90 Å². The van der Waals surface area contributed by atoms with Crippen molar-refractivity contribution in [3.8, 4) is 0 Å². The van der Waals surface area contributed by atoms with E-state index in [1.54, 1.807) is 30.8 Å². The number of carbonyl (C=O) groups excluding carboxylic acids is 1. The molecule has 0 radical (unpaired) electrons. The average Bonchev–Trinajstić information content (AvgIpc) is 2.48. The molecule has 21 heavy (non-hydrogen) atoms. The molecule has 0 aliphatic carbocycles. The highest BCUT2D eigenvalue weighted by Crippen LogP contribution is 2.22. The van der Waals surface area contributed by atoms with Gasteiger partial charge < -0.3 is 0 Å². The van der Waals surface area contributed by atoms with E-state index in [0.29, 0.717) is 17.9 Å². The van der Waals surface area contributed by atoms with Crippen LogP contribution < -0.4 is 0 Å². The quantitative estimate of drug-likeness (QED) is 0.521. The largest absolute Gasteiger partial charge is 0.293 e. The van der Waals surface area contributed by atoms with Crippen LogP contribution >= 0.6 is 34.4 Å². The fourth-order valence-electron chi connectivity index (χ4n) is 2.23. The van der Waals surface area contributed by atoms with Crippen LogP contribution in [0.5, 0.6) is 0 Å². The van der Waals surface area contributed by atoms with Crippen LogP contribution in [0.15, 0.2) is 24.3 Å². The van der Waals surface area contributed by atoms with E-state index >= 15 is 0 Å². The summed E-state index contributed by atoms with van der Waals surface area (Å²) in [6, 6.07) is 7.37. The molecule has 1 unspecified atom stereocenters. The molecule has 1 aromatic carbocycles. The molecule has 1 aliphatic rings. The van der Waals surface area contributed by atoms with Gasteiger partial charge in [0.2, 0.25) is 0 Å². The number of Topliss-reactive ketones (excluding diaryl/α,β-unsaturated/α-hetero) is 1. The number of thioether (sulfide) groups is 1. The van der Waals surface area contributed by atoms with Gasteiger partial charge in [-0.05, 0) is 34.7 Å². The Bertz CT molecular complexity index is 601. The van der Waals surface area contributed by atoms with Crippen molar-refractivity contribution >= 4 is 50.0 Å². The molecule has 7 heteroatoms. The first kappa shape index (κ1) is 17.2. The van der Waals surface area contributed by atoms with Crippen molar-refractivity contribution in [2.75, 3.05) is 30.3 Å². The summed E-state index contributed by atoms with van der Waals surface area (Å²) in [5.41, 5.74) is 0.640. The Hall–Kier alpha value is -0.120. The molecule has 0 spiro atoms. The number of nitrogens with zero attached hydrogens (tertiary/aromatic N) is 1. The maximum Gasteiger partial charge on any atom is 0.176 e. The van der Waals surface area contributed by atoms with E-state index in [9.17, 15) is 13.2 Å². The standard InChI is InChI=1S/C14H18INO3S2/c1-2-21(18,19)14-10-20-8-7-16(14)9-13(17)11-3-5-12(15)6-4-11/h3-6,14H,2,7-10H2,1H3. The van der Waals surface area contributed by atoms with Crippen molar-refractivity contribution < 1.29 is 13.2 Å². The Morgan fingerprint density at radius 2 is 2.05 bits per heavy atom. The molecule has 1 saturated heterocycles. The van der Waals surface area contributed by atoms with Gasteiger partial charge in [-0.15, -0.1) is 0 Å². The number of rotatable bonds is 5. The van der Waals surface area contributed by atoms with Crippen molar-refractivity contribution in [1.29, 1.82) is 0 Å². The van der Waals surface area contributed by atoms with Crippen LogP contribution in [0.3, 0.4) is 0 Å². The third-order valence-corrected chi connectivity index (χ3v) is 7.57. The molecule has 0 aromatic heterocycles. The molecule has 0 bridgehead atoms. The second-order valence-electron chi connectivity index (χ2n) is 4.88. The van der Waals surface area contributed by atoms with E-state index in [4.69, 9.17) is 0 Å². The zero-order valence-corrected chi connectivity index (χ0v) is 15.6. The summed E-state index contributed by atoms with van der Waals surface area (Å²) in [7, 11) is -3.15. The van der Waals surface area contributed by atoms with E-state index in [2.05, 4.69) is 22.6 Å². The maximum absolute atomic E-state index is 12.3. The van der Waals surface area contributed by atoms with E-state index in [0.717, 1.165) is 9.32 Å². The van der Waals surface area contributed by atoms with Crippen molar-refractivity contribution in [3.63, 3.8) is 0 Å². The summed E-state index contributed by atoms with van der Waals surface area (Å²) < 4.78 is 25.4. The highest BCUT2D eigenvalue weighted by Gasteiger charge is 2.33. The van der Waals surface area contributed by atoms with Crippen LogP contribution in [0.25, 0.3) is 0 Å². The zero-order chi connectivity index (χ0) is 15.5. The molecule has 1 fully saturated rings. The Labute approximate surface area is 143 Å². The predicted octanol–water partition coefficient (Wildman–Crippen LogP) is 2.28. The lowest BCUT2D eigenvalue weighted by Crippen LogP contribution is -2.49. The average molecular weight is 439 g/mol. The van der Waals surface area contributed by atoms with Crippen molar-refractivity contribution in [3.05, 3.63) is 33.4 Å². The third-order valence-electron chi connectivity index (χ3n) is 3.52. The molecule has 116 valence electrons. The Morgan fingerprint density at radius 1 is 1.38 bits per heavy atom. The van der Waals surface area contributed by atoms with Gasteiger partial charge in [0.15, 0.2) is 15.6 Å². The van der Waals surface area contributed by atoms with Crippen LogP contribution in [-0.4, -0.2) is 54.8 Å². The normalized spacial score (nSPS) is 20.4. The van der Waals surface area contributed by atoms with Gasteiger partial charge in [0.1, 0.15) is 5.37 Å². The number of hydrogen-bond acceptors (Lipinski definition) is 5. The monoisotopic (exact) mass is 439 g/mol. The topological polar surface area (TPSA) is 54.5 Å². The first-order valence-electron chi connectivity index (χ1n) is 6.76. The predicted molar refractivity (Wildman–Crippen MR) is 95.6 cm³/mol. The molecule has 0 saturated carbocycles. The van der Waals surface area contributed by atoms with Gasteiger partial charge >= 0.3 is 0 Å². The maximum atomic E-state index is 12.3. The van der Waals surface area contributed by atoms with Gasteiger partial charge in [0, 0.05) is 32.9 Å². The van der Waals surface area contributed by atoms with E-state index in [-0.39, 0.29) is 18.1 Å². The number of sulfone groups is 1. The van der Waals surface area contributed by atoms with Crippen LogP contribution in [0.4, 0.5) is 0 Å². The minimum atomic E-state index is -3.15. The fourth-order valence-corrected chi connectivity index (χ4v) is 5.67. The fraction of sp³-hybridized carbons (Fsp3) is 0.500. The van der Waals surface area contributed by atoms with E-state index in [1.165, 1.54) is 0 Å². The molecule has 1 atom stereocenters. The second-order valence-corrected chi connectivity index (χ2v) is 9.72. The van der Waals surface area contributed by atoms with Crippen LogP contribution in [0.2, 0.25) is 0 Å². The third kappa shape index (κ3) is 4.43. The van der Waals surface area contributed by atoms with Gasteiger partial charge in [-0.2, -0.15) is 11.8 Å². The van der Waals surface area contributed by atoms with E-state index < -0.39 is 15.2 Å². The Balaban J connectivity index is 2.12. The van der Waals surface area contributed by atoms with Crippen LogP contribution in [-0.2, 0) is 9.84 Å². The number of benzene rings is 1. The van der Waals surface area contributed by atoms with E-state index in [1.807, 2.05) is 17.0 Å². The van der Waals surface area contributed by atoms with Crippen LogP contribution in [0, 0.1) is 3.57 Å². The summed E-state index contributed by atoms with van der Waals surface area (Å²) in [6.07, 6.45) is 0. The van der Waals surface area contributed by atoms with Gasteiger partial charge in [-0.1, -0.05) is 19.1 Å². The van der Waals surface area contributed by atoms with Gasteiger partial charge in [0.25, 0.3) is 0 Å². The Morgan fingerprint density at radius 3 is 2.67 bits per heavy atom. The number of ketones is 1. The highest BCUT2D eigenvalue weighted by molar-refractivity contribution is 14.1. The first-order valence-corrected chi connectivity index (χ1v) is 10.7. The number of halogens is 1. The summed E-state index contributed by atoms with van der Waals surface area (Å²) in [6.45, 7) is 2.48. The summed E-state index contributed by atoms with van der Waals surface area (Å²) in [5.74, 6) is 1.52. The summed E-state index contributed by atoms with van der Waals surface area (Å²) in [4.78, 5) is 14.2. The highest BCUT2D eigenvalue weighted by atomic mass is 127. The number of hydrogen-bond donors (Lipinski definition) is 0. The lowest BCUT2D eigenvalue weighted by Gasteiger charge is -2.34. The summed E-state index contributed by atoms with van der Waals surface area (Å²) >= 11 is 3.83. The molecule has 1 aromatic rings.